The first-order valence-electron chi connectivity index (χ1n) is 10.8. The first-order valence-corrected chi connectivity index (χ1v) is 10.8. The van der Waals surface area contributed by atoms with Gasteiger partial charge >= 0.3 is 0 Å². The topological polar surface area (TPSA) is 4.93 Å². The lowest BCUT2D eigenvalue weighted by Gasteiger charge is -2.10. The number of hydrogen-bond acceptors (Lipinski definition) is 0. The normalized spacial score (nSPS) is 11.2. The summed E-state index contributed by atoms with van der Waals surface area (Å²) in [5.74, 6) is 0. The Balaban J connectivity index is 1.79. The Bertz CT molecular complexity index is 1370. The summed E-state index contributed by atoms with van der Waals surface area (Å²) in [7, 11) is 2.19. The second-order valence-corrected chi connectivity index (χ2v) is 8.61. The van der Waals surface area contributed by atoms with E-state index in [0.717, 1.165) is 0 Å². The van der Waals surface area contributed by atoms with Crippen molar-refractivity contribution in [2.45, 2.75) is 20.8 Å². The van der Waals surface area contributed by atoms with Crippen LogP contribution in [-0.4, -0.2) is 4.57 Å². The molecule has 0 aliphatic heterocycles. The van der Waals surface area contributed by atoms with E-state index in [0.29, 0.717) is 0 Å². The summed E-state index contributed by atoms with van der Waals surface area (Å²) in [6.45, 7) is 6.41. The van der Waals surface area contributed by atoms with Crippen molar-refractivity contribution in [3.05, 3.63) is 108 Å². The maximum Gasteiger partial charge on any atom is 0.0568 e. The first-order chi connectivity index (χ1) is 15.0. The third-order valence-electron chi connectivity index (χ3n) is 6.25. The highest BCUT2D eigenvalue weighted by Gasteiger charge is 2.19. The molecule has 0 radical (unpaired) electrons. The van der Waals surface area contributed by atoms with E-state index in [1.54, 1.807) is 0 Å². The van der Waals surface area contributed by atoms with Gasteiger partial charge in [-0.1, -0.05) is 102 Å². The average molecular weight is 402 g/mol. The quantitative estimate of drug-likeness (QED) is 0.288. The molecule has 0 saturated carbocycles. The van der Waals surface area contributed by atoms with Gasteiger partial charge in [-0.25, -0.2) is 0 Å². The zero-order chi connectivity index (χ0) is 21.5. The van der Waals surface area contributed by atoms with E-state index in [4.69, 9.17) is 0 Å². The monoisotopic (exact) mass is 401 g/mol. The molecule has 1 aromatic heterocycles. The van der Waals surface area contributed by atoms with E-state index in [2.05, 4.69) is 123 Å². The SMILES string of the molecule is Cc1ccc(-c2ccc3c(-c4ccc(C)cc4)c(-c4ccc(C)cc4)n(C)c3c2)cc1. The molecule has 31 heavy (non-hydrogen) atoms. The van der Waals surface area contributed by atoms with Crippen molar-refractivity contribution in [2.75, 3.05) is 0 Å². The third kappa shape index (κ3) is 3.47. The summed E-state index contributed by atoms with van der Waals surface area (Å²) < 4.78 is 2.35. The molecule has 0 N–H and O–H groups in total. The van der Waals surface area contributed by atoms with Crippen LogP contribution < -0.4 is 0 Å². The predicted molar refractivity (Wildman–Crippen MR) is 133 cm³/mol. The highest BCUT2D eigenvalue weighted by atomic mass is 15.0. The van der Waals surface area contributed by atoms with Crippen molar-refractivity contribution in [1.82, 2.24) is 4.57 Å². The summed E-state index contributed by atoms with van der Waals surface area (Å²) in [5, 5.41) is 1.29. The Kier molecular flexibility index (Phi) is 4.75. The Labute approximate surface area is 184 Å². The first kappa shape index (κ1) is 19.4. The zero-order valence-electron chi connectivity index (χ0n) is 18.6. The summed E-state index contributed by atoms with van der Waals surface area (Å²) in [6.07, 6.45) is 0. The highest BCUT2D eigenvalue weighted by molar-refractivity contribution is 6.05. The Morgan fingerprint density at radius 2 is 0.935 bits per heavy atom. The zero-order valence-corrected chi connectivity index (χ0v) is 18.6. The summed E-state index contributed by atoms with van der Waals surface area (Å²) in [6, 6.07) is 33.4. The molecule has 0 bridgehead atoms. The van der Waals surface area contributed by atoms with Gasteiger partial charge in [0.1, 0.15) is 0 Å². The fourth-order valence-electron chi connectivity index (χ4n) is 4.42. The van der Waals surface area contributed by atoms with Crippen molar-refractivity contribution in [3.63, 3.8) is 0 Å². The number of hydrogen-bond donors (Lipinski definition) is 0. The molecular formula is C30H27N. The second-order valence-electron chi connectivity index (χ2n) is 8.61. The van der Waals surface area contributed by atoms with Gasteiger partial charge in [-0.15, -0.1) is 0 Å². The van der Waals surface area contributed by atoms with E-state index in [9.17, 15) is 0 Å². The molecule has 152 valence electrons. The van der Waals surface area contributed by atoms with Crippen LogP contribution >= 0.6 is 0 Å². The van der Waals surface area contributed by atoms with E-state index in [1.165, 1.54) is 61.1 Å². The maximum atomic E-state index is 2.35. The van der Waals surface area contributed by atoms with Crippen molar-refractivity contribution in [3.8, 4) is 33.5 Å². The number of rotatable bonds is 3. The Morgan fingerprint density at radius 1 is 0.484 bits per heavy atom. The van der Waals surface area contributed by atoms with Gasteiger partial charge in [0, 0.05) is 23.5 Å². The van der Waals surface area contributed by atoms with Gasteiger partial charge in [-0.2, -0.15) is 0 Å². The molecule has 1 heteroatoms. The minimum absolute atomic E-state index is 1.25. The van der Waals surface area contributed by atoms with Crippen LogP contribution in [0.1, 0.15) is 16.7 Å². The molecule has 0 aliphatic rings. The van der Waals surface area contributed by atoms with Crippen LogP contribution in [0.25, 0.3) is 44.4 Å². The Morgan fingerprint density at radius 3 is 1.48 bits per heavy atom. The van der Waals surface area contributed by atoms with Gasteiger partial charge in [-0.05, 0) is 49.1 Å². The van der Waals surface area contributed by atoms with Gasteiger partial charge < -0.3 is 4.57 Å². The highest BCUT2D eigenvalue weighted by Crippen LogP contribution is 2.41. The van der Waals surface area contributed by atoms with Gasteiger partial charge in [-0.3, -0.25) is 0 Å². The van der Waals surface area contributed by atoms with Crippen LogP contribution in [0.15, 0.2) is 91.0 Å². The fraction of sp³-hybridized carbons (Fsp3) is 0.133. The van der Waals surface area contributed by atoms with Crippen molar-refractivity contribution >= 4 is 10.9 Å². The molecule has 0 fully saturated rings. The largest absolute Gasteiger partial charge is 0.343 e. The maximum absolute atomic E-state index is 2.35. The lowest BCUT2D eigenvalue weighted by Crippen LogP contribution is -1.93. The van der Waals surface area contributed by atoms with E-state index in [1.807, 2.05) is 0 Å². The smallest absolute Gasteiger partial charge is 0.0568 e. The molecule has 4 aromatic carbocycles. The molecular weight excluding hydrogens is 374 g/mol. The van der Waals surface area contributed by atoms with Crippen LogP contribution in [0.3, 0.4) is 0 Å². The lowest BCUT2D eigenvalue weighted by atomic mass is 9.96. The average Bonchev–Trinajstić information content (AvgIpc) is 3.07. The molecule has 1 heterocycles. The summed E-state index contributed by atoms with van der Waals surface area (Å²) >= 11 is 0. The van der Waals surface area contributed by atoms with Gasteiger partial charge in [0.15, 0.2) is 0 Å². The summed E-state index contributed by atoms with van der Waals surface area (Å²) in [4.78, 5) is 0. The third-order valence-corrected chi connectivity index (χ3v) is 6.25. The predicted octanol–water partition coefficient (Wildman–Crippen LogP) is 8.10. The van der Waals surface area contributed by atoms with Crippen molar-refractivity contribution < 1.29 is 0 Å². The molecule has 0 atom stereocenters. The number of aryl methyl sites for hydroxylation is 4. The van der Waals surface area contributed by atoms with Crippen LogP contribution in [0.5, 0.6) is 0 Å². The fourth-order valence-corrected chi connectivity index (χ4v) is 4.42. The molecule has 5 rings (SSSR count). The standard InChI is InChI=1S/C30H27N/c1-20-5-11-23(12-6-20)26-17-18-27-28(19-26)31(4)30(25-15-9-22(3)10-16-25)29(27)24-13-7-21(2)8-14-24/h5-19H,1-4H3. The number of benzene rings is 4. The number of aromatic nitrogens is 1. The molecule has 1 nitrogen and oxygen atoms in total. The van der Waals surface area contributed by atoms with Crippen LogP contribution in [0.2, 0.25) is 0 Å². The minimum atomic E-state index is 1.25. The number of nitrogens with zero attached hydrogens (tertiary/aromatic N) is 1. The van der Waals surface area contributed by atoms with Crippen molar-refractivity contribution in [2.24, 2.45) is 7.05 Å². The molecule has 0 unspecified atom stereocenters. The lowest BCUT2D eigenvalue weighted by molar-refractivity contribution is 0.979. The van der Waals surface area contributed by atoms with Crippen LogP contribution in [0.4, 0.5) is 0 Å². The second kappa shape index (κ2) is 7.59. The van der Waals surface area contributed by atoms with Gasteiger partial charge in [0.25, 0.3) is 0 Å². The Hall–Kier alpha value is -3.58. The molecule has 0 amide bonds. The molecule has 0 spiro atoms. The molecule has 5 aromatic rings. The molecule has 0 aliphatic carbocycles. The van der Waals surface area contributed by atoms with E-state index >= 15 is 0 Å². The van der Waals surface area contributed by atoms with Crippen LogP contribution in [-0.2, 0) is 7.05 Å². The molecule has 0 saturated heterocycles. The number of fused-ring (bicyclic) bond motifs is 1. The minimum Gasteiger partial charge on any atom is -0.343 e. The van der Waals surface area contributed by atoms with Crippen molar-refractivity contribution in [1.29, 1.82) is 0 Å². The van der Waals surface area contributed by atoms with E-state index in [-0.39, 0.29) is 0 Å². The van der Waals surface area contributed by atoms with Gasteiger partial charge in [0.2, 0.25) is 0 Å². The summed E-state index contributed by atoms with van der Waals surface area (Å²) in [5.41, 5.74) is 12.7. The van der Waals surface area contributed by atoms with Gasteiger partial charge in [0.05, 0.1) is 5.69 Å². The van der Waals surface area contributed by atoms with E-state index < -0.39 is 0 Å². The van der Waals surface area contributed by atoms with Crippen LogP contribution in [0, 0.1) is 20.8 Å².